The van der Waals surface area contributed by atoms with E-state index >= 15 is 0 Å². The van der Waals surface area contributed by atoms with Gasteiger partial charge in [0.15, 0.2) is 0 Å². The number of allylic oxidation sites excluding steroid dienone is 5. The first-order chi connectivity index (χ1) is 11.5. The number of carbonyl (C=O) groups excluding carboxylic acids is 1. The molecule has 122 valence electrons. The van der Waals surface area contributed by atoms with E-state index in [1.807, 2.05) is 50.3 Å². The molecule has 0 fully saturated rings. The molecule has 1 unspecified atom stereocenters. The third-order valence-corrected chi connectivity index (χ3v) is 3.78. The van der Waals surface area contributed by atoms with Crippen LogP contribution in [0.4, 0.5) is 0 Å². The molecule has 0 saturated carbocycles. The molecule has 2 nitrogen and oxygen atoms in total. The SMILES string of the molecule is C=Cc1c(C)ccc(/C=C/C(=O)OC2=CC(C)C=CC=C2)c1C=C. The molecule has 24 heavy (non-hydrogen) atoms. The first-order valence-electron chi connectivity index (χ1n) is 7.90. The summed E-state index contributed by atoms with van der Waals surface area (Å²) in [7, 11) is 0. The molecule has 0 radical (unpaired) electrons. The van der Waals surface area contributed by atoms with Gasteiger partial charge >= 0.3 is 5.97 Å². The Morgan fingerprint density at radius 1 is 1.17 bits per heavy atom. The van der Waals surface area contributed by atoms with Gasteiger partial charge in [0.2, 0.25) is 0 Å². The monoisotopic (exact) mass is 318 g/mol. The number of rotatable bonds is 5. The van der Waals surface area contributed by atoms with Crippen molar-refractivity contribution in [1.29, 1.82) is 0 Å². The van der Waals surface area contributed by atoms with Crippen molar-refractivity contribution in [3.63, 3.8) is 0 Å². The van der Waals surface area contributed by atoms with E-state index in [1.54, 1.807) is 24.3 Å². The molecular weight excluding hydrogens is 296 g/mol. The number of hydrogen-bond acceptors (Lipinski definition) is 2. The second kappa shape index (κ2) is 8.11. The maximum absolute atomic E-state index is 12.1. The lowest BCUT2D eigenvalue weighted by Gasteiger charge is -2.09. The average molecular weight is 318 g/mol. The van der Waals surface area contributed by atoms with E-state index in [-0.39, 0.29) is 5.92 Å². The summed E-state index contributed by atoms with van der Waals surface area (Å²) in [6, 6.07) is 3.96. The number of ether oxygens (including phenoxy) is 1. The average Bonchev–Trinajstić information content (AvgIpc) is 2.77. The van der Waals surface area contributed by atoms with Crippen LogP contribution in [0.2, 0.25) is 0 Å². The number of aryl methyl sites for hydroxylation is 1. The van der Waals surface area contributed by atoms with Crippen molar-refractivity contribution in [2.24, 2.45) is 5.92 Å². The summed E-state index contributed by atoms with van der Waals surface area (Å²) in [6.07, 6.45) is 16.3. The van der Waals surface area contributed by atoms with Crippen LogP contribution in [0.5, 0.6) is 0 Å². The van der Waals surface area contributed by atoms with Gasteiger partial charge in [-0.15, -0.1) is 0 Å². The van der Waals surface area contributed by atoms with Crippen molar-refractivity contribution in [3.8, 4) is 0 Å². The van der Waals surface area contributed by atoms with Crippen LogP contribution in [0.15, 0.2) is 67.5 Å². The zero-order valence-corrected chi connectivity index (χ0v) is 14.2. The highest BCUT2D eigenvalue weighted by Gasteiger charge is 2.07. The Balaban J connectivity index is 2.18. The van der Waals surface area contributed by atoms with Gasteiger partial charge in [0, 0.05) is 6.08 Å². The van der Waals surface area contributed by atoms with Crippen LogP contribution in [-0.2, 0) is 9.53 Å². The second-order valence-electron chi connectivity index (χ2n) is 5.63. The Bertz CT molecular complexity index is 773. The van der Waals surface area contributed by atoms with Gasteiger partial charge in [0.1, 0.15) is 5.76 Å². The molecule has 1 aromatic rings. The normalized spacial score (nSPS) is 16.6. The molecular formula is C22H22O2. The number of hydrogen-bond donors (Lipinski definition) is 0. The highest BCUT2D eigenvalue weighted by molar-refractivity contribution is 5.89. The molecule has 0 amide bonds. The fourth-order valence-corrected chi connectivity index (χ4v) is 2.54. The number of esters is 1. The molecule has 1 aliphatic carbocycles. The molecule has 0 N–H and O–H groups in total. The molecule has 0 spiro atoms. The van der Waals surface area contributed by atoms with Crippen molar-refractivity contribution >= 4 is 24.2 Å². The van der Waals surface area contributed by atoms with Crippen molar-refractivity contribution in [3.05, 3.63) is 89.8 Å². The van der Waals surface area contributed by atoms with Crippen LogP contribution < -0.4 is 0 Å². The molecule has 2 heteroatoms. The predicted molar refractivity (Wildman–Crippen MR) is 102 cm³/mol. The predicted octanol–water partition coefficient (Wildman–Crippen LogP) is 5.48. The quantitative estimate of drug-likeness (QED) is 0.530. The highest BCUT2D eigenvalue weighted by atomic mass is 16.5. The zero-order valence-electron chi connectivity index (χ0n) is 14.2. The minimum Gasteiger partial charge on any atom is -0.424 e. The number of carbonyl (C=O) groups is 1. The Labute approximate surface area is 143 Å². The Morgan fingerprint density at radius 3 is 2.62 bits per heavy atom. The van der Waals surface area contributed by atoms with Crippen LogP contribution in [0.3, 0.4) is 0 Å². The molecule has 0 aromatic heterocycles. The van der Waals surface area contributed by atoms with Gasteiger partial charge in [-0.25, -0.2) is 4.79 Å². The molecule has 0 saturated heterocycles. The molecule has 0 bridgehead atoms. The molecule has 1 aromatic carbocycles. The van der Waals surface area contributed by atoms with E-state index in [9.17, 15) is 4.79 Å². The Hall–Kier alpha value is -2.87. The fourth-order valence-electron chi connectivity index (χ4n) is 2.54. The summed E-state index contributed by atoms with van der Waals surface area (Å²) < 4.78 is 5.38. The molecule has 1 aliphatic rings. The summed E-state index contributed by atoms with van der Waals surface area (Å²) in [5.74, 6) is 0.379. The van der Waals surface area contributed by atoms with Crippen LogP contribution in [0.1, 0.15) is 29.2 Å². The molecule has 0 aliphatic heterocycles. The van der Waals surface area contributed by atoms with Crippen LogP contribution in [0.25, 0.3) is 18.2 Å². The van der Waals surface area contributed by atoms with Gasteiger partial charge in [-0.1, -0.05) is 62.6 Å². The lowest BCUT2D eigenvalue weighted by Crippen LogP contribution is -2.00. The van der Waals surface area contributed by atoms with Crippen LogP contribution in [0, 0.1) is 12.8 Å². The summed E-state index contributed by atoms with van der Waals surface area (Å²) >= 11 is 0. The topological polar surface area (TPSA) is 26.3 Å². The summed E-state index contributed by atoms with van der Waals surface area (Å²) in [6.45, 7) is 11.8. The lowest BCUT2D eigenvalue weighted by molar-refractivity contribution is -0.133. The molecule has 0 heterocycles. The van der Waals surface area contributed by atoms with Gasteiger partial charge < -0.3 is 4.74 Å². The highest BCUT2D eigenvalue weighted by Crippen LogP contribution is 2.23. The standard InChI is InChI=1S/C22H22O2/c1-5-20-17(4)11-12-18(21(20)6-2)13-14-22(23)24-19-10-8-7-9-16(3)15-19/h5-16H,1-2H2,3-4H3/b14-13+. The van der Waals surface area contributed by atoms with Gasteiger partial charge in [-0.2, -0.15) is 0 Å². The first kappa shape index (κ1) is 17.5. The van der Waals surface area contributed by atoms with Crippen molar-refractivity contribution < 1.29 is 9.53 Å². The fraction of sp³-hybridized carbons (Fsp3) is 0.136. The smallest absolute Gasteiger partial charge is 0.336 e. The Kier molecular flexibility index (Phi) is 5.91. The van der Waals surface area contributed by atoms with Gasteiger partial charge in [-0.3, -0.25) is 0 Å². The van der Waals surface area contributed by atoms with Crippen molar-refractivity contribution in [2.45, 2.75) is 13.8 Å². The van der Waals surface area contributed by atoms with Crippen LogP contribution >= 0.6 is 0 Å². The van der Waals surface area contributed by atoms with Gasteiger partial charge in [0.05, 0.1) is 0 Å². The largest absolute Gasteiger partial charge is 0.424 e. The first-order valence-corrected chi connectivity index (χ1v) is 7.90. The number of benzene rings is 1. The van der Waals surface area contributed by atoms with Crippen LogP contribution in [-0.4, -0.2) is 5.97 Å². The Morgan fingerprint density at radius 2 is 1.92 bits per heavy atom. The summed E-state index contributed by atoms with van der Waals surface area (Å²) in [5.41, 5.74) is 4.01. The third-order valence-electron chi connectivity index (χ3n) is 3.78. The molecule has 1 atom stereocenters. The van der Waals surface area contributed by atoms with E-state index in [0.717, 1.165) is 22.3 Å². The maximum atomic E-state index is 12.1. The van der Waals surface area contributed by atoms with E-state index in [0.29, 0.717) is 5.76 Å². The zero-order chi connectivity index (χ0) is 17.5. The van der Waals surface area contributed by atoms with Gasteiger partial charge in [0.25, 0.3) is 0 Å². The van der Waals surface area contributed by atoms with E-state index in [2.05, 4.69) is 13.2 Å². The lowest BCUT2D eigenvalue weighted by atomic mass is 9.96. The van der Waals surface area contributed by atoms with E-state index in [4.69, 9.17) is 4.74 Å². The van der Waals surface area contributed by atoms with E-state index in [1.165, 1.54) is 6.08 Å². The van der Waals surface area contributed by atoms with Crippen molar-refractivity contribution in [1.82, 2.24) is 0 Å². The minimum absolute atomic E-state index is 0.228. The third kappa shape index (κ3) is 4.32. The maximum Gasteiger partial charge on any atom is 0.336 e. The minimum atomic E-state index is -0.407. The molecule has 2 rings (SSSR count). The summed E-state index contributed by atoms with van der Waals surface area (Å²) in [4.78, 5) is 12.1. The van der Waals surface area contributed by atoms with E-state index < -0.39 is 5.97 Å². The second-order valence-corrected chi connectivity index (χ2v) is 5.63. The van der Waals surface area contributed by atoms with Crippen molar-refractivity contribution in [2.75, 3.05) is 0 Å². The van der Waals surface area contributed by atoms with Gasteiger partial charge in [-0.05, 0) is 53.3 Å². The summed E-state index contributed by atoms with van der Waals surface area (Å²) in [5, 5.41) is 0.